The lowest BCUT2D eigenvalue weighted by molar-refractivity contribution is 0.0700. The van der Waals surface area contributed by atoms with Gasteiger partial charge in [-0.05, 0) is 31.3 Å². The van der Waals surface area contributed by atoms with Crippen molar-refractivity contribution in [1.29, 1.82) is 0 Å². The van der Waals surface area contributed by atoms with Gasteiger partial charge in [0.25, 0.3) is 5.91 Å². The van der Waals surface area contributed by atoms with Crippen LogP contribution in [0.15, 0.2) is 10.7 Å². The van der Waals surface area contributed by atoms with E-state index in [2.05, 4.69) is 19.7 Å². The van der Waals surface area contributed by atoms with E-state index in [4.69, 9.17) is 4.52 Å². The van der Waals surface area contributed by atoms with Gasteiger partial charge < -0.3 is 9.42 Å². The third-order valence-electron chi connectivity index (χ3n) is 3.17. The van der Waals surface area contributed by atoms with Crippen molar-refractivity contribution < 1.29 is 9.32 Å². The molecule has 1 unspecified atom stereocenters. The van der Waals surface area contributed by atoms with Crippen LogP contribution in [0.25, 0.3) is 0 Å². The van der Waals surface area contributed by atoms with Gasteiger partial charge in [-0.1, -0.05) is 9.64 Å². The van der Waals surface area contributed by atoms with E-state index in [0.29, 0.717) is 23.1 Å². The van der Waals surface area contributed by atoms with Crippen LogP contribution in [0.4, 0.5) is 0 Å². The lowest BCUT2D eigenvalue weighted by Crippen LogP contribution is -2.38. The molecule has 0 aliphatic carbocycles. The van der Waals surface area contributed by atoms with Gasteiger partial charge in [0.05, 0.1) is 12.1 Å². The smallest absolute Gasteiger partial charge is 0.267 e. The number of hydrogen-bond donors (Lipinski definition) is 0. The van der Waals surface area contributed by atoms with Crippen LogP contribution in [-0.2, 0) is 0 Å². The lowest BCUT2D eigenvalue weighted by Gasteiger charge is -2.30. The van der Waals surface area contributed by atoms with Crippen LogP contribution in [0.5, 0.6) is 0 Å². The summed E-state index contributed by atoms with van der Waals surface area (Å²) >= 11 is 1.12. The van der Waals surface area contributed by atoms with Crippen LogP contribution >= 0.6 is 11.5 Å². The molecule has 1 saturated heterocycles. The van der Waals surface area contributed by atoms with Gasteiger partial charge in [0.1, 0.15) is 4.88 Å². The van der Waals surface area contributed by atoms with E-state index >= 15 is 0 Å². The largest absolute Gasteiger partial charge is 0.339 e. The highest BCUT2D eigenvalue weighted by Gasteiger charge is 2.29. The van der Waals surface area contributed by atoms with Crippen LogP contribution in [0.2, 0.25) is 0 Å². The molecule has 0 spiro atoms. The minimum Gasteiger partial charge on any atom is -0.339 e. The van der Waals surface area contributed by atoms with E-state index in [1.54, 1.807) is 6.92 Å². The number of likely N-dealkylation sites (tertiary alicyclic amines) is 1. The average molecular weight is 279 g/mol. The van der Waals surface area contributed by atoms with Gasteiger partial charge in [0, 0.05) is 13.1 Å². The lowest BCUT2D eigenvalue weighted by atomic mass is 9.98. The first-order valence-corrected chi connectivity index (χ1v) is 6.88. The van der Waals surface area contributed by atoms with Crippen molar-refractivity contribution in [2.75, 3.05) is 13.1 Å². The zero-order valence-electron chi connectivity index (χ0n) is 10.4. The van der Waals surface area contributed by atoms with Crippen LogP contribution < -0.4 is 0 Å². The van der Waals surface area contributed by atoms with E-state index in [1.165, 1.54) is 6.20 Å². The summed E-state index contributed by atoms with van der Waals surface area (Å²) in [5.74, 6) is 1.36. The molecule has 0 bridgehead atoms. The van der Waals surface area contributed by atoms with Crippen molar-refractivity contribution in [1.82, 2.24) is 24.6 Å². The second-order valence-electron chi connectivity index (χ2n) is 4.55. The molecule has 2 aromatic heterocycles. The topological polar surface area (TPSA) is 85.0 Å². The molecule has 0 saturated carbocycles. The number of aromatic nitrogens is 4. The predicted molar refractivity (Wildman–Crippen MR) is 66.8 cm³/mol. The Morgan fingerprint density at radius 2 is 2.47 bits per heavy atom. The van der Waals surface area contributed by atoms with E-state index in [1.807, 2.05) is 4.90 Å². The minimum atomic E-state index is -0.0177. The summed E-state index contributed by atoms with van der Waals surface area (Å²) in [6, 6.07) is 0. The summed E-state index contributed by atoms with van der Waals surface area (Å²) < 4.78 is 8.92. The Morgan fingerprint density at radius 1 is 1.58 bits per heavy atom. The van der Waals surface area contributed by atoms with E-state index in [9.17, 15) is 4.79 Å². The van der Waals surface area contributed by atoms with E-state index < -0.39 is 0 Å². The first kappa shape index (κ1) is 12.2. The molecule has 7 nitrogen and oxygen atoms in total. The quantitative estimate of drug-likeness (QED) is 0.822. The molecule has 2 aromatic rings. The Bertz CT molecular complexity index is 567. The van der Waals surface area contributed by atoms with Crippen molar-refractivity contribution in [3.8, 4) is 0 Å². The maximum absolute atomic E-state index is 12.2. The highest BCUT2D eigenvalue weighted by Crippen LogP contribution is 2.26. The zero-order valence-corrected chi connectivity index (χ0v) is 11.3. The molecule has 3 heterocycles. The molecular formula is C11H13N5O2S. The normalized spacial score (nSPS) is 19.6. The fourth-order valence-corrected chi connectivity index (χ4v) is 2.74. The predicted octanol–water partition coefficient (Wildman–Crippen LogP) is 1.25. The number of rotatable bonds is 2. The molecule has 1 aliphatic heterocycles. The van der Waals surface area contributed by atoms with Gasteiger partial charge >= 0.3 is 0 Å². The first-order chi connectivity index (χ1) is 9.24. The SMILES string of the molecule is Cc1noc(C2CCCN(C(=O)c3cnns3)C2)n1. The van der Waals surface area contributed by atoms with Gasteiger partial charge in [-0.2, -0.15) is 4.98 Å². The summed E-state index contributed by atoms with van der Waals surface area (Å²) in [5.41, 5.74) is 0. The summed E-state index contributed by atoms with van der Waals surface area (Å²) in [6.45, 7) is 3.15. The van der Waals surface area contributed by atoms with E-state index in [-0.39, 0.29) is 11.8 Å². The first-order valence-electron chi connectivity index (χ1n) is 6.11. The Labute approximate surface area is 113 Å². The van der Waals surface area contributed by atoms with E-state index in [0.717, 1.165) is 30.9 Å². The third-order valence-corrected chi connectivity index (χ3v) is 3.83. The maximum Gasteiger partial charge on any atom is 0.267 e. The molecular weight excluding hydrogens is 266 g/mol. The average Bonchev–Trinajstić information content (AvgIpc) is 3.09. The minimum absolute atomic E-state index is 0.0177. The van der Waals surface area contributed by atoms with Gasteiger partial charge in [0.2, 0.25) is 5.89 Å². The standard InChI is InChI=1S/C11H13N5O2S/c1-7-13-10(18-14-7)8-3-2-4-16(6-8)11(17)9-5-12-15-19-9/h5,8H,2-4,6H2,1H3. The number of nitrogens with zero attached hydrogens (tertiary/aromatic N) is 5. The molecule has 19 heavy (non-hydrogen) atoms. The molecule has 1 aliphatic rings. The van der Waals surface area contributed by atoms with Crippen molar-refractivity contribution in [3.63, 3.8) is 0 Å². The molecule has 1 amide bonds. The van der Waals surface area contributed by atoms with Gasteiger partial charge in [-0.15, -0.1) is 5.10 Å². The van der Waals surface area contributed by atoms with Gasteiger partial charge in [0.15, 0.2) is 5.82 Å². The maximum atomic E-state index is 12.2. The van der Waals surface area contributed by atoms with Crippen molar-refractivity contribution in [2.24, 2.45) is 0 Å². The number of carbonyl (C=O) groups excluding carboxylic acids is 1. The molecule has 1 fully saturated rings. The molecule has 0 N–H and O–H groups in total. The highest BCUT2D eigenvalue weighted by atomic mass is 32.1. The van der Waals surface area contributed by atoms with Gasteiger partial charge in [-0.25, -0.2) is 0 Å². The Balaban J connectivity index is 1.73. The third kappa shape index (κ3) is 2.48. The monoisotopic (exact) mass is 279 g/mol. The van der Waals surface area contributed by atoms with Crippen LogP contribution in [0.1, 0.15) is 40.1 Å². The Morgan fingerprint density at radius 3 is 3.16 bits per heavy atom. The zero-order chi connectivity index (χ0) is 13.2. The highest BCUT2D eigenvalue weighted by molar-refractivity contribution is 7.07. The summed E-state index contributed by atoms with van der Waals surface area (Å²) in [6.07, 6.45) is 3.41. The van der Waals surface area contributed by atoms with Crippen molar-refractivity contribution in [2.45, 2.75) is 25.7 Å². The number of piperidine rings is 1. The fraction of sp³-hybridized carbons (Fsp3) is 0.545. The number of amides is 1. The van der Waals surface area contributed by atoms with Crippen LogP contribution in [0, 0.1) is 6.92 Å². The van der Waals surface area contributed by atoms with Crippen LogP contribution in [-0.4, -0.2) is 43.6 Å². The van der Waals surface area contributed by atoms with Crippen molar-refractivity contribution >= 4 is 17.4 Å². The summed E-state index contributed by atoms with van der Waals surface area (Å²) in [5, 5.41) is 7.50. The second kappa shape index (κ2) is 5.04. The second-order valence-corrected chi connectivity index (χ2v) is 5.34. The molecule has 8 heteroatoms. The Hall–Kier alpha value is -1.83. The summed E-state index contributed by atoms with van der Waals surface area (Å²) in [4.78, 5) is 18.9. The Kier molecular flexibility index (Phi) is 3.24. The number of aryl methyl sites for hydroxylation is 1. The van der Waals surface area contributed by atoms with Gasteiger partial charge in [-0.3, -0.25) is 4.79 Å². The molecule has 3 rings (SSSR count). The fourth-order valence-electron chi connectivity index (χ4n) is 2.26. The summed E-state index contributed by atoms with van der Waals surface area (Å²) in [7, 11) is 0. The molecule has 0 radical (unpaired) electrons. The molecule has 1 atom stereocenters. The van der Waals surface area contributed by atoms with Crippen LogP contribution in [0.3, 0.4) is 0 Å². The van der Waals surface area contributed by atoms with Crippen molar-refractivity contribution in [3.05, 3.63) is 22.8 Å². The number of carbonyl (C=O) groups is 1. The molecule has 100 valence electrons. The number of hydrogen-bond acceptors (Lipinski definition) is 7. The molecule has 0 aromatic carbocycles.